The van der Waals surface area contributed by atoms with Crippen molar-refractivity contribution in [3.05, 3.63) is 35.4 Å². The fourth-order valence-corrected chi connectivity index (χ4v) is 3.32. The van der Waals surface area contributed by atoms with Crippen LogP contribution in [0.4, 0.5) is 0 Å². The van der Waals surface area contributed by atoms with Gasteiger partial charge in [0.1, 0.15) is 0 Å². The molecular weight excluding hydrogens is 222 g/mol. The summed E-state index contributed by atoms with van der Waals surface area (Å²) >= 11 is 0. The molecule has 0 spiro atoms. The Morgan fingerprint density at radius 3 is 2.72 bits per heavy atom. The van der Waals surface area contributed by atoms with Gasteiger partial charge in [0.25, 0.3) is 0 Å². The SMILES string of the molecule is c1ccc(C2CCOCC2)c(CC2CCCN2)c1. The summed E-state index contributed by atoms with van der Waals surface area (Å²) in [5.41, 5.74) is 3.14. The Kier molecular flexibility index (Phi) is 3.96. The molecule has 0 amide bonds. The van der Waals surface area contributed by atoms with Crippen LogP contribution in [0.25, 0.3) is 0 Å². The second kappa shape index (κ2) is 5.85. The second-order valence-corrected chi connectivity index (χ2v) is 5.58. The molecule has 98 valence electrons. The minimum Gasteiger partial charge on any atom is -0.381 e. The van der Waals surface area contributed by atoms with Crippen LogP contribution >= 0.6 is 0 Å². The van der Waals surface area contributed by atoms with E-state index in [1.54, 1.807) is 11.1 Å². The first-order valence-electron chi connectivity index (χ1n) is 7.32. The van der Waals surface area contributed by atoms with Crippen LogP contribution in [0.5, 0.6) is 0 Å². The monoisotopic (exact) mass is 245 g/mol. The maximum Gasteiger partial charge on any atom is 0.0471 e. The maximum atomic E-state index is 5.48. The molecule has 0 aromatic heterocycles. The Labute approximate surface area is 110 Å². The lowest BCUT2D eigenvalue weighted by Crippen LogP contribution is -2.25. The molecule has 2 fully saturated rings. The molecule has 2 aliphatic heterocycles. The smallest absolute Gasteiger partial charge is 0.0471 e. The molecule has 2 nitrogen and oxygen atoms in total. The van der Waals surface area contributed by atoms with E-state index in [0.29, 0.717) is 6.04 Å². The zero-order chi connectivity index (χ0) is 12.2. The summed E-state index contributed by atoms with van der Waals surface area (Å²) in [6.07, 6.45) is 6.25. The molecule has 0 aliphatic carbocycles. The fourth-order valence-electron chi connectivity index (χ4n) is 3.32. The van der Waals surface area contributed by atoms with Crippen molar-refractivity contribution in [2.24, 2.45) is 0 Å². The van der Waals surface area contributed by atoms with Crippen molar-refractivity contribution in [1.29, 1.82) is 0 Å². The number of ether oxygens (including phenoxy) is 1. The third kappa shape index (κ3) is 2.76. The van der Waals surface area contributed by atoms with Crippen LogP contribution in [0.1, 0.15) is 42.7 Å². The van der Waals surface area contributed by atoms with E-state index in [4.69, 9.17) is 4.74 Å². The van der Waals surface area contributed by atoms with Gasteiger partial charge in [0.05, 0.1) is 0 Å². The Morgan fingerprint density at radius 1 is 1.11 bits per heavy atom. The molecular formula is C16H23NO. The number of hydrogen-bond acceptors (Lipinski definition) is 2. The van der Waals surface area contributed by atoms with Gasteiger partial charge < -0.3 is 10.1 Å². The van der Waals surface area contributed by atoms with Gasteiger partial charge in [-0.15, -0.1) is 0 Å². The summed E-state index contributed by atoms with van der Waals surface area (Å²) in [6.45, 7) is 3.06. The van der Waals surface area contributed by atoms with E-state index < -0.39 is 0 Å². The van der Waals surface area contributed by atoms with Crippen molar-refractivity contribution in [3.63, 3.8) is 0 Å². The van der Waals surface area contributed by atoms with E-state index in [9.17, 15) is 0 Å². The normalized spacial score (nSPS) is 25.4. The van der Waals surface area contributed by atoms with Crippen molar-refractivity contribution in [3.8, 4) is 0 Å². The molecule has 1 unspecified atom stereocenters. The molecule has 1 N–H and O–H groups in total. The fraction of sp³-hybridized carbons (Fsp3) is 0.625. The van der Waals surface area contributed by atoms with Crippen LogP contribution in [0, 0.1) is 0 Å². The minimum atomic E-state index is 0.700. The van der Waals surface area contributed by atoms with Crippen LogP contribution < -0.4 is 5.32 Å². The highest BCUT2D eigenvalue weighted by Gasteiger charge is 2.21. The molecule has 1 aromatic rings. The molecule has 2 heteroatoms. The summed E-state index contributed by atoms with van der Waals surface area (Å²) < 4.78 is 5.48. The number of hydrogen-bond donors (Lipinski definition) is 1. The lowest BCUT2D eigenvalue weighted by Gasteiger charge is -2.25. The van der Waals surface area contributed by atoms with Gasteiger partial charge in [-0.05, 0) is 55.7 Å². The molecule has 2 aliphatic rings. The maximum absolute atomic E-state index is 5.48. The van der Waals surface area contributed by atoms with Crippen molar-refractivity contribution in [2.45, 2.75) is 44.1 Å². The topological polar surface area (TPSA) is 21.3 Å². The second-order valence-electron chi connectivity index (χ2n) is 5.58. The quantitative estimate of drug-likeness (QED) is 0.884. The Hall–Kier alpha value is -0.860. The van der Waals surface area contributed by atoms with Crippen molar-refractivity contribution < 1.29 is 4.74 Å². The van der Waals surface area contributed by atoms with Crippen molar-refractivity contribution >= 4 is 0 Å². The number of benzene rings is 1. The van der Waals surface area contributed by atoms with Gasteiger partial charge in [0.15, 0.2) is 0 Å². The van der Waals surface area contributed by atoms with Gasteiger partial charge >= 0.3 is 0 Å². The molecule has 0 bridgehead atoms. The molecule has 1 aromatic carbocycles. The summed E-state index contributed by atoms with van der Waals surface area (Å²) in [5.74, 6) is 0.719. The third-order valence-corrected chi connectivity index (χ3v) is 4.34. The zero-order valence-electron chi connectivity index (χ0n) is 11.0. The first kappa shape index (κ1) is 12.2. The average Bonchev–Trinajstić information content (AvgIpc) is 2.93. The molecule has 3 rings (SSSR count). The van der Waals surface area contributed by atoms with Crippen LogP contribution in [-0.2, 0) is 11.2 Å². The number of nitrogens with one attached hydrogen (secondary N) is 1. The molecule has 0 saturated carbocycles. The molecule has 2 saturated heterocycles. The summed E-state index contributed by atoms with van der Waals surface area (Å²) in [4.78, 5) is 0. The Balaban J connectivity index is 1.75. The largest absolute Gasteiger partial charge is 0.381 e. The first-order chi connectivity index (χ1) is 8.93. The van der Waals surface area contributed by atoms with Gasteiger partial charge in [-0.3, -0.25) is 0 Å². The summed E-state index contributed by atoms with van der Waals surface area (Å²) in [5, 5.41) is 3.61. The Bertz CT molecular complexity index is 378. The van der Waals surface area contributed by atoms with Crippen LogP contribution in [0.2, 0.25) is 0 Å². The lowest BCUT2D eigenvalue weighted by molar-refractivity contribution is 0.0851. The van der Waals surface area contributed by atoms with Gasteiger partial charge in [0, 0.05) is 19.3 Å². The standard InChI is InChI=1S/C16H23NO/c1-2-6-16(13-7-10-18-11-8-13)14(4-1)12-15-5-3-9-17-15/h1-2,4,6,13,15,17H,3,5,7-12H2. The highest BCUT2D eigenvalue weighted by atomic mass is 16.5. The highest BCUT2D eigenvalue weighted by molar-refractivity contribution is 5.31. The lowest BCUT2D eigenvalue weighted by atomic mass is 9.86. The average molecular weight is 245 g/mol. The van der Waals surface area contributed by atoms with Crippen molar-refractivity contribution in [1.82, 2.24) is 5.32 Å². The molecule has 2 heterocycles. The van der Waals surface area contributed by atoms with Crippen LogP contribution in [-0.4, -0.2) is 25.8 Å². The van der Waals surface area contributed by atoms with E-state index in [2.05, 4.69) is 29.6 Å². The van der Waals surface area contributed by atoms with Gasteiger partial charge in [-0.1, -0.05) is 24.3 Å². The van der Waals surface area contributed by atoms with Crippen LogP contribution in [0.3, 0.4) is 0 Å². The van der Waals surface area contributed by atoms with E-state index in [1.807, 2.05) is 0 Å². The zero-order valence-corrected chi connectivity index (χ0v) is 11.0. The number of rotatable bonds is 3. The molecule has 1 atom stereocenters. The third-order valence-electron chi connectivity index (χ3n) is 4.34. The first-order valence-corrected chi connectivity index (χ1v) is 7.32. The van der Waals surface area contributed by atoms with Crippen molar-refractivity contribution in [2.75, 3.05) is 19.8 Å². The molecule has 0 radical (unpaired) electrons. The predicted octanol–water partition coefficient (Wildman–Crippen LogP) is 2.88. The van der Waals surface area contributed by atoms with Gasteiger partial charge in [0.2, 0.25) is 0 Å². The highest BCUT2D eigenvalue weighted by Crippen LogP contribution is 2.30. The van der Waals surface area contributed by atoms with Gasteiger partial charge in [-0.2, -0.15) is 0 Å². The van der Waals surface area contributed by atoms with E-state index in [1.165, 1.54) is 38.6 Å². The summed E-state index contributed by atoms with van der Waals surface area (Å²) in [6, 6.07) is 9.74. The molecule has 18 heavy (non-hydrogen) atoms. The van der Waals surface area contributed by atoms with E-state index in [0.717, 1.165) is 19.1 Å². The van der Waals surface area contributed by atoms with Crippen LogP contribution in [0.15, 0.2) is 24.3 Å². The van der Waals surface area contributed by atoms with E-state index >= 15 is 0 Å². The summed E-state index contributed by atoms with van der Waals surface area (Å²) in [7, 11) is 0. The predicted molar refractivity (Wildman–Crippen MR) is 74.0 cm³/mol. The minimum absolute atomic E-state index is 0.700. The Morgan fingerprint density at radius 2 is 1.94 bits per heavy atom. The van der Waals surface area contributed by atoms with E-state index in [-0.39, 0.29) is 0 Å². The van der Waals surface area contributed by atoms with Gasteiger partial charge in [-0.25, -0.2) is 0 Å².